The van der Waals surface area contributed by atoms with Gasteiger partial charge in [0.15, 0.2) is 5.65 Å². The summed E-state index contributed by atoms with van der Waals surface area (Å²) in [5, 5.41) is 1.42. The van der Waals surface area contributed by atoms with Gasteiger partial charge >= 0.3 is 0 Å². The minimum atomic E-state index is 0.177. The first-order valence-electron chi connectivity index (χ1n) is 5.99. The van der Waals surface area contributed by atoms with E-state index < -0.39 is 0 Å². The van der Waals surface area contributed by atoms with Gasteiger partial charge in [0.1, 0.15) is 11.0 Å². The zero-order chi connectivity index (χ0) is 13.4. The number of hydrogen-bond acceptors (Lipinski definition) is 5. The van der Waals surface area contributed by atoms with Gasteiger partial charge in [-0.3, -0.25) is 0 Å². The largest absolute Gasteiger partial charge is 0.377 e. The fraction of sp³-hybridized carbons (Fsp3) is 0.417. The highest BCUT2D eigenvalue weighted by Crippen LogP contribution is 2.27. The molecule has 0 saturated carbocycles. The van der Waals surface area contributed by atoms with Crippen LogP contribution in [0.3, 0.4) is 0 Å². The highest BCUT2D eigenvalue weighted by Gasteiger charge is 2.23. The summed E-state index contributed by atoms with van der Waals surface area (Å²) in [6.07, 6.45) is 0. The minimum absolute atomic E-state index is 0.177. The highest BCUT2D eigenvalue weighted by molar-refractivity contribution is 6.30. The van der Waals surface area contributed by atoms with Gasteiger partial charge in [-0.25, -0.2) is 4.98 Å². The van der Waals surface area contributed by atoms with Crippen molar-refractivity contribution in [3.63, 3.8) is 0 Å². The first kappa shape index (κ1) is 12.8. The predicted octanol–water partition coefficient (Wildman–Crippen LogP) is 2.56. The topological polar surface area (TPSA) is 51.1 Å². The summed E-state index contributed by atoms with van der Waals surface area (Å²) in [6.45, 7) is 4.20. The van der Waals surface area contributed by atoms with Gasteiger partial charge < -0.3 is 9.64 Å². The average molecular weight is 299 g/mol. The van der Waals surface area contributed by atoms with Crippen LogP contribution in [0.15, 0.2) is 12.1 Å². The lowest BCUT2D eigenvalue weighted by Crippen LogP contribution is -2.44. The maximum absolute atomic E-state index is 5.98. The number of hydrogen-bond donors (Lipinski definition) is 0. The monoisotopic (exact) mass is 298 g/mol. The molecule has 1 fully saturated rings. The van der Waals surface area contributed by atoms with Crippen molar-refractivity contribution in [1.82, 2.24) is 15.0 Å². The molecule has 0 amide bonds. The summed E-state index contributed by atoms with van der Waals surface area (Å²) in [6, 6.07) is 3.84. The Bertz CT molecular complexity index is 617. The number of morpholine rings is 1. The van der Waals surface area contributed by atoms with Crippen molar-refractivity contribution in [3.8, 4) is 0 Å². The maximum atomic E-state index is 5.98. The summed E-state index contributed by atoms with van der Waals surface area (Å²) in [7, 11) is 0. The molecule has 100 valence electrons. The number of ether oxygens (including phenoxy) is 1. The number of aromatic nitrogens is 3. The van der Waals surface area contributed by atoms with Crippen molar-refractivity contribution >= 4 is 40.1 Å². The third kappa shape index (κ3) is 2.45. The second kappa shape index (κ2) is 5.07. The van der Waals surface area contributed by atoms with Crippen LogP contribution in [0.25, 0.3) is 11.0 Å². The van der Waals surface area contributed by atoms with E-state index in [1.165, 1.54) is 0 Å². The molecule has 5 nitrogen and oxygen atoms in total. The molecule has 0 N–H and O–H groups in total. The number of halogens is 2. The summed E-state index contributed by atoms with van der Waals surface area (Å²) >= 11 is 11.9. The van der Waals surface area contributed by atoms with Gasteiger partial charge in [-0.2, -0.15) is 9.97 Å². The predicted molar refractivity (Wildman–Crippen MR) is 75.0 cm³/mol. The number of anilines is 1. The first-order valence-corrected chi connectivity index (χ1v) is 6.75. The van der Waals surface area contributed by atoms with E-state index in [1.807, 2.05) is 6.07 Å². The molecule has 0 spiro atoms. The van der Waals surface area contributed by atoms with Crippen molar-refractivity contribution in [2.24, 2.45) is 0 Å². The molecule has 0 aromatic carbocycles. The minimum Gasteiger partial charge on any atom is -0.377 e. The van der Waals surface area contributed by atoms with E-state index >= 15 is 0 Å². The Balaban J connectivity index is 2.16. The summed E-state index contributed by atoms with van der Waals surface area (Å²) in [5.41, 5.74) is 0.515. The molecule has 2 aromatic rings. The Labute approximate surface area is 120 Å². The molecule has 0 unspecified atom stereocenters. The van der Waals surface area contributed by atoms with Gasteiger partial charge in [0, 0.05) is 6.54 Å². The molecule has 1 aliphatic heterocycles. The van der Waals surface area contributed by atoms with Crippen LogP contribution in [0.5, 0.6) is 0 Å². The Morgan fingerprint density at radius 2 is 2.11 bits per heavy atom. The molecule has 0 radical (unpaired) electrons. The van der Waals surface area contributed by atoms with Crippen molar-refractivity contribution in [1.29, 1.82) is 0 Å². The molecule has 1 atom stereocenters. The Hall–Kier alpha value is -1.17. The summed E-state index contributed by atoms with van der Waals surface area (Å²) in [4.78, 5) is 14.8. The molecular weight excluding hydrogens is 287 g/mol. The number of fused-ring (bicyclic) bond motifs is 1. The molecule has 3 heterocycles. The smallest absolute Gasteiger partial charge is 0.226 e. The zero-order valence-electron chi connectivity index (χ0n) is 10.3. The van der Waals surface area contributed by atoms with E-state index in [1.54, 1.807) is 6.07 Å². The molecule has 0 bridgehead atoms. The third-order valence-electron chi connectivity index (χ3n) is 3.12. The molecule has 19 heavy (non-hydrogen) atoms. The maximum Gasteiger partial charge on any atom is 0.226 e. The second-order valence-electron chi connectivity index (χ2n) is 4.44. The van der Waals surface area contributed by atoms with Crippen LogP contribution >= 0.6 is 23.2 Å². The van der Waals surface area contributed by atoms with Crippen LogP contribution in [0.4, 0.5) is 5.82 Å². The lowest BCUT2D eigenvalue weighted by Gasteiger charge is -2.34. The molecule has 2 aromatic heterocycles. The molecule has 7 heteroatoms. The Morgan fingerprint density at radius 1 is 1.26 bits per heavy atom. The van der Waals surface area contributed by atoms with Crippen molar-refractivity contribution in [2.45, 2.75) is 13.0 Å². The second-order valence-corrected chi connectivity index (χ2v) is 5.16. The highest BCUT2D eigenvalue weighted by atomic mass is 35.5. The van der Waals surface area contributed by atoms with Crippen LogP contribution < -0.4 is 4.90 Å². The normalized spacial score (nSPS) is 19.9. The number of pyridine rings is 1. The molecular formula is C12H12Cl2N4O. The van der Waals surface area contributed by atoms with Gasteiger partial charge in [0.05, 0.1) is 24.6 Å². The third-order valence-corrected chi connectivity index (χ3v) is 3.50. The van der Waals surface area contributed by atoms with E-state index in [2.05, 4.69) is 26.8 Å². The standard InChI is InChI=1S/C12H12Cl2N4O/c1-7-6-19-5-4-18(7)11-8-2-3-9(13)15-10(8)16-12(14)17-11/h2-3,7H,4-6H2,1H3/t7-/m1/s1. The average Bonchev–Trinajstić information content (AvgIpc) is 2.38. The SMILES string of the molecule is C[C@@H]1COCCN1c1nc(Cl)nc2nc(Cl)ccc12. The van der Waals surface area contributed by atoms with Crippen molar-refractivity contribution in [3.05, 3.63) is 22.6 Å². The fourth-order valence-electron chi connectivity index (χ4n) is 2.21. The van der Waals surface area contributed by atoms with Gasteiger partial charge in [-0.15, -0.1) is 0 Å². The van der Waals surface area contributed by atoms with Gasteiger partial charge in [-0.05, 0) is 30.7 Å². The van der Waals surface area contributed by atoms with Gasteiger partial charge in [-0.1, -0.05) is 11.6 Å². The summed E-state index contributed by atoms with van der Waals surface area (Å²) in [5.74, 6) is 0.787. The van der Waals surface area contributed by atoms with Gasteiger partial charge in [0.2, 0.25) is 5.28 Å². The molecule has 0 aliphatic carbocycles. The quantitative estimate of drug-likeness (QED) is 0.598. The van der Waals surface area contributed by atoms with E-state index in [0.29, 0.717) is 24.0 Å². The fourth-order valence-corrected chi connectivity index (χ4v) is 2.51. The van der Waals surface area contributed by atoms with Crippen LogP contribution in [-0.2, 0) is 4.74 Å². The Morgan fingerprint density at radius 3 is 2.89 bits per heavy atom. The number of rotatable bonds is 1. The molecule has 3 rings (SSSR count). The van der Waals surface area contributed by atoms with Crippen LogP contribution in [0, 0.1) is 0 Å². The van der Waals surface area contributed by atoms with E-state index in [9.17, 15) is 0 Å². The lowest BCUT2D eigenvalue weighted by atomic mass is 10.2. The zero-order valence-corrected chi connectivity index (χ0v) is 11.8. The molecule has 1 saturated heterocycles. The van der Waals surface area contributed by atoms with Crippen LogP contribution in [0.2, 0.25) is 10.4 Å². The summed E-state index contributed by atoms with van der Waals surface area (Å²) < 4.78 is 5.44. The number of nitrogens with zero attached hydrogens (tertiary/aromatic N) is 4. The van der Waals surface area contributed by atoms with Crippen molar-refractivity contribution < 1.29 is 4.74 Å². The van der Waals surface area contributed by atoms with Gasteiger partial charge in [0.25, 0.3) is 0 Å². The van der Waals surface area contributed by atoms with Crippen LogP contribution in [0.1, 0.15) is 6.92 Å². The van der Waals surface area contributed by atoms with E-state index in [4.69, 9.17) is 27.9 Å². The van der Waals surface area contributed by atoms with E-state index in [-0.39, 0.29) is 11.3 Å². The Kier molecular flexibility index (Phi) is 3.43. The van der Waals surface area contributed by atoms with E-state index in [0.717, 1.165) is 17.7 Å². The first-order chi connectivity index (χ1) is 9.15. The van der Waals surface area contributed by atoms with Crippen molar-refractivity contribution in [2.75, 3.05) is 24.7 Å². The lowest BCUT2D eigenvalue weighted by molar-refractivity contribution is 0.0987. The molecule has 1 aliphatic rings. The van der Waals surface area contributed by atoms with Crippen LogP contribution in [-0.4, -0.2) is 40.8 Å².